The summed E-state index contributed by atoms with van der Waals surface area (Å²) in [5, 5.41) is 5.20. The Morgan fingerprint density at radius 2 is 1.83 bits per heavy atom. The molecule has 2 aromatic carbocycles. The van der Waals surface area contributed by atoms with Crippen molar-refractivity contribution < 1.29 is 13.6 Å². The first-order chi connectivity index (χ1) is 14.0. The van der Waals surface area contributed by atoms with E-state index in [9.17, 15) is 14.0 Å². The van der Waals surface area contributed by atoms with Crippen LogP contribution in [0, 0.1) is 11.6 Å². The van der Waals surface area contributed by atoms with Gasteiger partial charge < -0.3 is 20.9 Å². The van der Waals surface area contributed by atoms with Gasteiger partial charge in [-0.2, -0.15) is 0 Å². The molecule has 4 rings (SSSR count). The summed E-state index contributed by atoms with van der Waals surface area (Å²) in [7, 11) is 0. The van der Waals surface area contributed by atoms with Gasteiger partial charge in [-0.1, -0.05) is 18.2 Å². The van der Waals surface area contributed by atoms with Gasteiger partial charge >= 0.3 is 0 Å². The topological polar surface area (TPSA) is 89.2 Å². The molecule has 1 aromatic heterocycles. The molecule has 1 heterocycles. The van der Waals surface area contributed by atoms with E-state index in [1.165, 1.54) is 12.3 Å². The smallest absolute Gasteiger partial charge is 0.251 e. The summed E-state index contributed by atoms with van der Waals surface area (Å²) in [4.78, 5) is 24.2. The minimum Gasteiger partial charge on any atom is -0.396 e. The fourth-order valence-corrected chi connectivity index (χ4v) is 3.36. The third-order valence-corrected chi connectivity index (χ3v) is 4.97. The Kier molecular flexibility index (Phi) is 4.92. The molecule has 1 aliphatic rings. The first-order valence-corrected chi connectivity index (χ1v) is 9.37. The molecule has 4 N–H and O–H groups in total. The molecule has 0 saturated heterocycles. The number of hydrogen-bond acceptors (Lipinski definition) is 4. The highest BCUT2D eigenvalue weighted by atomic mass is 19.1. The van der Waals surface area contributed by atoms with Gasteiger partial charge in [-0.15, -0.1) is 0 Å². The summed E-state index contributed by atoms with van der Waals surface area (Å²) in [5.41, 5.74) is 5.05. The third kappa shape index (κ3) is 3.53. The van der Waals surface area contributed by atoms with E-state index in [4.69, 9.17) is 5.73 Å². The Morgan fingerprint density at radius 1 is 1.10 bits per heavy atom. The zero-order valence-corrected chi connectivity index (χ0v) is 15.5. The minimum atomic E-state index is -1.00. The molecule has 29 heavy (non-hydrogen) atoms. The summed E-state index contributed by atoms with van der Waals surface area (Å²) < 4.78 is 31.5. The van der Waals surface area contributed by atoms with Crippen LogP contribution in [-0.4, -0.2) is 23.6 Å². The molecule has 3 aromatic rings. The normalized spacial score (nSPS) is 13.4. The number of nitrogen functional groups attached to an aromatic ring is 1. The van der Waals surface area contributed by atoms with Gasteiger partial charge in [0.2, 0.25) is 0 Å². The van der Waals surface area contributed by atoms with E-state index in [0.717, 1.165) is 12.8 Å². The molecule has 0 unspecified atom stereocenters. The molecule has 1 saturated carbocycles. The quantitative estimate of drug-likeness (QED) is 0.440. The molecule has 0 radical (unpaired) electrons. The van der Waals surface area contributed by atoms with Crippen LogP contribution in [0.15, 0.2) is 47.4 Å². The summed E-state index contributed by atoms with van der Waals surface area (Å²) in [5.74, 6) is -2.14. The van der Waals surface area contributed by atoms with Gasteiger partial charge in [0.05, 0.1) is 16.6 Å². The number of nitrogens with two attached hydrogens (primary N) is 1. The number of benzene rings is 2. The first-order valence-electron chi connectivity index (χ1n) is 9.37. The van der Waals surface area contributed by atoms with Crippen molar-refractivity contribution in [3.8, 4) is 0 Å². The van der Waals surface area contributed by atoms with Crippen molar-refractivity contribution >= 4 is 28.2 Å². The first kappa shape index (κ1) is 18.9. The Hall–Kier alpha value is -3.42. The maximum absolute atomic E-state index is 15.2. The van der Waals surface area contributed by atoms with Crippen LogP contribution < -0.4 is 21.8 Å². The van der Waals surface area contributed by atoms with Crippen LogP contribution in [-0.2, 0) is 0 Å². The van der Waals surface area contributed by atoms with Crippen molar-refractivity contribution in [1.29, 1.82) is 0 Å². The summed E-state index contributed by atoms with van der Waals surface area (Å²) >= 11 is 0. The number of nitrogens with one attached hydrogen (secondary N) is 2. The van der Waals surface area contributed by atoms with E-state index in [1.807, 2.05) is 0 Å². The highest BCUT2D eigenvalue weighted by molar-refractivity contribution is 5.95. The number of amides is 1. The number of rotatable bonds is 6. The van der Waals surface area contributed by atoms with Crippen molar-refractivity contribution in [2.24, 2.45) is 0 Å². The molecular weight excluding hydrogens is 378 g/mol. The van der Waals surface area contributed by atoms with Crippen LogP contribution in [0.4, 0.5) is 20.2 Å². The van der Waals surface area contributed by atoms with Crippen molar-refractivity contribution in [3.05, 3.63) is 70.0 Å². The van der Waals surface area contributed by atoms with Crippen LogP contribution in [0.5, 0.6) is 0 Å². The Balaban J connectivity index is 1.57. The highest BCUT2D eigenvalue weighted by Gasteiger charge is 2.29. The van der Waals surface area contributed by atoms with Gasteiger partial charge in [0.15, 0.2) is 17.1 Å². The molecule has 1 amide bonds. The van der Waals surface area contributed by atoms with E-state index in [0.29, 0.717) is 5.56 Å². The molecule has 6 nitrogen and oxygen atoms in total. The summed E-state index contributed by atoms with van der Waals surface area (Å²) in [6.07, 6.45) is 3.25. The number of nitrogens with zero attached hydrogens (tertiary/aromatic N) is 1. The fraction of sp³-hybridized carbons (Fsp3) is 0.238. The second-order valence-electron chi connectivity index (χ2n) is 7.01. The van der Waals surface area contributed by atoms with Crippen LogP contribution in [0.2, 0.25) is 0 Å². The molecule has 1 fully saturated rings. The SMILES string of the molecule is Nc1c(F)c(NCCNC(=O)c2ccccc2)c(F)c2c1c(=O)ccn2C1CC1. The van der Waals surface area contributed by atoms with Crippen molar-refractivity contribution in [2.45, 2.75) is 18.9 Å². The minimum absolute atomic E-state index is 0.00900. The van der Waals surface area contributed by atoms with E-state index in [1.54, 1.807) is 34.9 Å². The van der Waals surface area contributed by atoms with Gasteiger partial charge in [0.25, 0.3) is 5.91 Å². The van der Waals surface area contributed by atoms with Crippen molar-refractivity contribution in [2.75, 3.05) is 24.1 Å². The molecule has 8 heteroatoms. The number of pyridine rings is 1. The predicted octanol–water partition coefficient (Wildman–Crippen LogP) is 3.04. The molecule has 1 aliphatic carbocycles. The van der Waals surface area contributed by atoms with Gasteiger partial charge in [0.1, 0.15) is 5.69 Å². The molecular formula is C21H20F2N4O2. The van der Waals surface area contributed by atoms with Crippen LogP contribution in [0.1, 0.15) is 29.2 Å². The van der Waals surface area contributed by atoms with Gasteiger partial charge in [-0.3, -0.25) is 9.59 Å². The Morgan fingerprint density at radius 3 is 2.52 bits per heavy atom. The molecule has 0 spiro atoms. The van der Waals surface area contributed by atoms with Crippen LogP contribution >= 0.6 is 0 Å². The molecule has 150 valence electrons. The lowest BCUT2D eigenvalue weighted by molar-refractivity contribution is 0.0955. The van der Waals surface area contributed by atoms with Crippen molar-refractivity contribution in [3.63, 3.8) is 0 Å². The zero-order valence-electron chi connectivity index (χ0n) is 15.5. The van der Waals surface area contributed by atoms with Crippen molar-refractivity contribution in [1.82, 2.24) is 9.88 Å². The van der Waals surface area contributed by atoms with Gasteiger partial charge in [-0.25, -0.2) is 8.78 Å². The molecule has 0 aliphatic heterocycles. The second kappa shape index (κ2) is 7.54. The van der Waals surface area contributed by atoms with Crippen LogP contribution in [0.25, 0.3) is 10.9 Å². The number of hydrogen-bond donors (Lipinski definition) is 3. The zero-order chi connectivity index (χ0) is 20.5. The monoisotopic (exact) mass is 398 g/mol. The maximum atomic E-state index is 15.2. The highest BCUT2D eigenvalue weighted by Crippen LogP contribution is 2.40. The molecule has 0 bridgehead atoms. The number of anilines is 2. The summed E-state index contributed by atoms with van der Waals surface area (Å²) in [6, 6.07) is 9.99. The Bertz CT molecular complexity index is 1140. The number of carbonyl (C=O) groups excluding carboxylic acids is 1. The number of carbonyl (C=O) groups is 1. The van der Waals surface area contributed by atoms with E-state index in [2.05, 4.69) is 10.6 Å². The standard InChI is InChI=1S/C21H20F2N4O2/c22-16-18(24)15-14(28)8-11-27(13-6-7-13)20(15)17(23)19(16)25-9-10-26-21(29)12-4-2-1-3-5-12/h1-5,8,11,13,25H,6-7,9-10,24H2,(H,26,29). The van der Waals surface area contributed by atoms with Gasteiger partial charge in [0, 0.05) is 37.0 Å². The fourth-order valence-electron chi connectivity index (χ4n) is 3.36. The maximum Gasteiger partial charge on any atom is 0.251 e. The number of aromatic nitrogens is 1. The second-order valence-corrected chi connectivity index (χ2v) is 7.01. The average Bonchev–Trinajstić information content (AvgIpc) is 3.57. The average molecular weight is 398 g/mol. The third-order valence-electron chi connectivity index (χ3n) is 4.97. The lowest BCUT2D eigenvalue weighted by Crippen LogP contribution is -2.29. The van der Waals surface area contributed by atoms with E-state index < -0.39 is 22.8 Å². The number of halogens is 2. The van der Waals surface area contributed by atoms with E-state index in [-0.39, 0.29) is 41.6 Å². The largest absolute Gasteiger partial charge is 0.396 e. The number of fused-ring (bicyclic) bond motifs is 1. The van der Waals surface area contributed by atoms with Crippen LogP contribution in [0.3, 0.4) is 0 Å². The lowest BCUT2D eigenvalue weighted by Gasteiger charge is -2.17. The van der Waals surface area contributed by atoms with E-state index >= 15 is 4.39 Å². The Labute approximate surface area is 165 Å². The summed E-state index contributed by atoms with van der Waals surface area (Å²) in [6.45, 7) is 0.229. The predicted molar refractivity (Wildman–Crippen MR) is 108 cm³/mol. The lowest BCUT2D eigenvalue weighted by atomic mass is 10.1. The van der Waals surface area contributed by atoms with Gasteiger partial charge in [-0.05, 0) is 25.0 Å². The molecule has 0 atom stereocenters.